The zero-order valence-corrected chi connectivity index (χ0v) is 15.0. The predicted octanol–water partition coefficient (Wildman–Crippen LogP) is -3.20. The number of aliphatic imine (C=N–C) groups is 1. The van der Waals surface area contributed by atoms with Crippen LogP contribution in [-0.4, -0.2) is 70.9 Å². The van der Waals surface area contributed by atoms with Gasteiger partial charge in [-0.05, 0) is 25.7 Å². The van der Waals surface area contributed by atoms with E-state index in [0.29, 0.717) is 25.8 Å². The van der Waals surface area contributed by atoms with Crippen molar-refractivity contribution in [3.05, 3.63) is 0 Å². The number of aliphatic carboxylic acids is 1. The fourth-order valence-corrected chi connectivity index (χ4v) is 2.82. The highest BCUT2D eigenvalue weighted by atomic mass is 16.4. The van der Waals surface area contributed by atoms with Crippen LogP contribution in [0.2, 0.25) is 0 Å². The molecule has 27 heavy (non-hydrogen) atoms. The van der Waals surface area contributed by atoms with Gasteiger partial charge in [-0.1, -0.05) is 0 Å². The summed E-state index contributed by atoms with van der Waals surface area (Å²) in [5, 5.41) is 11.6. The first kappa shape index (κ1) is 22.2. The van der Waals surface area contributed by atoms with Crippen molar-refractivity contribution < 1.29 is 24.3 Å². The number of hydrogen-bond acceptors (Lipinski definition) is 6. The first-order valence-electron chi connectivity index (χ1n) is 8.56. The summed E-state index contributed by atoms with van der Waals surface area (Å²) in [6.07, 6.45) is 1.07. The SMILES string of the molecule is NC(=O)CC(NC(=O)C(N)CCCN=C(N)N)C(=O)N1CCCC1C(=O)O. The maximum atomic E-state index is 12.6. The zero-order valence-electron chi connectivity index (χ0n) is 15.0. The molecule has 1 heterocycles. The van der Waals surface area contributed by atoms with Gasteiger partial charge in [0.25, 0.3) is 0 Å². The first-order valence-corrected chi connectivity index (χ1v) is 8.56. The molecular formula is C15H27N7O5. The van der Waals surface area contributed by atoms with Gasteiger partial charge in [0, 0.05) is 13.1 Å². The number of likely N-dealkylation sites (tertiary alicyclic amines) is 1. The molecule has 1 aliphatic rings. The highest BCUT2D eigenvalue weighted by Crippen LogP contribution is 2.19. The second kappa shape index (κ2) is 10.3. The third-order valence-electron chi connectivity index (χ3n) is 4.15. The average Bonchev–Trinajstić information content (AvgIpc) is 3.06. The van der Waals surface area contributed by atoms with Gasteiger partial charge in [-0.15, -0.1) is 0 Å². The number of primary amides is 1. The molecule has 1 rings (SSSR count). The number of hydrogen-bond donors (Lipinski definition) is 6. The standard InChI is InChI=1S/C15H27N7O5/c16-8(3-1-5-20-15(18)19)12(24)21-9(7-11(17)23)13(25)22-6-2-4-10(22)14(26)27/h8-10H,1-7,16H2,(H2,17,23)(H,21,24)(H,26,27)(H4,18,19,20). The molecular weight excluding hydrogens is 358 g/mol. The maximum absolute atomic E-state index is 12.6. The molecule has 3 unspecified atom stereocenters. The Labute approximate surface area is 156 Å². The molecule has 3 atom stereocenters. The Morgan fingerprint density at radius 3 is 2.44 bits per heavy atom. The van der Waals surface area contributed by atoms with Gasteiger partial charge in [-0.2, -0.15) is 0 Å². The van der Waals surface area contributed by atoms with Crippen molar-refractivity contribution in [2.24, 2.45) is 27.9 Å². The zero-order chi connectivity index (χ0) is 20.6. The Bertz CT molecular complexity index is 605. The van der Waals surface area contributed by atoms with Crippen molar-refractivity contribution in [1.82, 2.24) is 10.2 Å². The summed E-state index contributed by atoms with van der Waals surface area (Å²) in [6.45, 7) is 0.520. The van der Waals surface area contributed by atoms with Crippen LogP contribution >= 0.6 is 0 Å². The largest absolute Gasteiger partial charge is 0.480 e. The second-order valence-electron chi connectivity index (χ2n) is 6.31. The lowest BCUT2D eigenvalue weighted by molar-refractivity contribution is -0.149. The molecule has 1 aliphatic heterocycles. The van der Waals surface area contributed by atoms with E-state index in [2.05, 4.69) is 10.3 Å². The molecule has 0 bridgehead atoms. The average molecular weight is 385 g/mol. The van der Waals surface area contributed by atoms with Gasteiger partial charge in [-0.3, -0.25) is 19.4 Å². The Morgan fingerprint density at radius 2 is 1.89 bits per heavy atom. The van der Waals surface area contributed by atoms with E-state index in [-0.39, 0.29) is 18.9 Å². The Balaban J connectivity index is 2.71. The van der Waals surface area contributed by atoms with E-state index < -0.39 is 48.2 Å². The molecule has 10 N–H and O–H groups in total. The van der Waals surface area contributed by atoms with Gasteiger partial charge in [0.15, 0.2) is 5.96 Å². The third kappa shape index (κ3) is 7.09. The van der Waals surface area contributed by atoms with Gasteiger partial charge in [-0.25, -0.2) is 4.79 Å². The van der Waals surface area contributed by atoms with Crippen LogP contribution < -0.4 is 28.3 Å². The van der Waals surface area contributed by atoms with Crippen molar-refractivity contribution in [2.45, 2.75) is 50.2 Å². The summed E-state index contributed by atoms with van der Waals surface area (Å²) < 4.78 is 0. The number of carboxylic acids is 1. The minimum Gasteiger partial charge on any atom is -0.480 e. The third-order valence-corrected chi connectivity index (χ3v) is 4.15. The van der Waals surface area contributed by atoms with E-state index in [9.17, 15) is 24.3 Å². The molecule has 0 aliphatic carbocycles. The van der Waals surface area contributed by atoms with Crippen molar-refractivity contribution in [1.29, 1.82) is 0 Å². The predicted molar refractivity (Wildman–Crippen MR) is 96.0 cm³/mol. The number of guanidine groups is 1. The smallest absolute Gasteiger partial charge is 0.326 e. The van der Waals surface area contributed by atoms with Crippen LogP contribution in [0.25, 0.3) is 0 Å². The summed E-state index contributed by atoms with van der Waals surface area (Å²) in [5.41, 5.74) is 21.3. The number of nitrogens with two attached hydrogens (primary N) is 4. The van der Waals surface area contributed by atoms with Crippen molar-refractivity contribution in [3.63, 3.8) is 0 Å². The van der Waals surface area contributed by atoms with Crippen LogP contribution in [0.1, 0.15) is 32.1 Å². The van der Waals surface area contributed by atoms with Crippen LogP contribution in [0.15, 0.2) is 4.99 Å². The molecule has 1 saturated heterocycles. The molecule has 0 spiro atoms. The molecule has 0 radical (unpaired) electrons. The lowest BCUT2D eigenvalue weighted by Gasteiger charge is -2.27. The maximum Gasteiger partial charge on any atom is 0.326 e. The number of rotatable bonds is 10. The fourth-order valence-electron chi connectivity index (χ4n) is 2.82. The van der Waals surface area contributed by atoms with E-state index in [4.69, 9.17) is 22.9 Å². The van der Waals surface area contributed by atoms with Crippen LogP contribution in [0.4, 0.5) is 0 Å². The summed E-state index contributed by atoms with van der Waals surface area (Å²) in [4.78, 5) is 52.3. The minimum atomic E-state index is -1.27. The molecule has 0 aromatic carbocycles. The van der Waals surface area contributed by atoms with Gasteiger partial charge in [0.05, 0.1) is 12.5 Å². The number of amides is 3. The van der Waals surface area contributed by atoms with E-state index in [0.717, 1.165) is 4.90 Å². The van der Waals surface area contributed by atoms with Gasteiger partial charge in [0.2, 0.25) is 17.7 Å². The van der Waals surface area contributed by atoms with Crippen LogP contribution in [0.3, 0.4) is 0 Å². The summed E-state index contributed by atoms with van der Waals surface area (Å²) >= 11 is 0. The Hall–Kier alpha value is -2.89. The summed E-state index contributed by atoms with van der Waals surface area (Å²) in [6, 6.07) is -3.20. The van der Waals surface area contributed by atoms with E-state index in [1.165, 1.54) is 0 Å². The molecule has 152 valence electrons. The minimum absolute atomic E-state index is 0.0706. The van der Waals surface area contributed by atoms with E-state index in [1.54, 1.807) is 0 Å². The highest BCUT2D eigenvalue weighted by Gasteiger charge is 2.38. The van der Waals surface area contributed by atoms with Crippen LogP contribution in [0.5, 0.6) is 0 Å². The van der Waals surface area contributed by atoms with Crippen LogP contribution in [-0.2, 0) is 19.2 Å². The lowest BCUT2D eigenvalue weighted by Crippen LogP contribution is -2.55. The molecule has 0 aromatic heterocycles. The first-order chi connectivity index (χ1) is 12.6. The lowest BCUT2D eigenvalue weighted by atomic mass is 10.1. The molecule has 1 fully saturated rings. The molecule has 12 nitrogen and oxygen atoms in total. The summed E-state index contributed by atoms with van der Waals surface area (Å²) in [5.74, 6) is -3.33. The van der Waals surface area contributed by atoms with E-state index >= 15 is 0 Å². The Morgan fingerprint density at radius 1 is 1.22 bits per heavy atom. The summed E-state index contributed by atoms with van der Waals surface area (Å²) in [7, 11) is 0. The number of nitrogens with zero attached hydrogens (tertiary/aromatic N) is 2. The van der Waals surface area contributed by atoms with Crippen molar-refractivity contribution in [3.8, 4) is 0 Å². The van der Waals surface area contributed by atoms with Gasteiger partial charge >= 0.3 is 5.97 Å². The number of carbonyl (C=O) groups is 4. The van der Waals surface area contributed by atoms with Crippen LogP contribution in [0, 0.1) is 0 Å². The van der Waals surface area contributed by atoms with Gasteiger partial charge < -0.3 is 38.3 Å². The molecule has 0 saturated carbocycles. The van der Waals surface area contributed by atoms with E-state index in [1.807, 2.05) is 0 Å². The van der Waals surface area contributed by atoms with Crippen molar-refractivity contribution >= 4 is 29.7 Å². The molecule has 12 heteroatoms. The number of carbonyl (C=O) groups excluding carboxylic acids is 3. The number of nitrogens with one attached hydrogen (secondary N) is 1. The normalized spacial score (nSPS) is 18.4. The highest BCUT2D eigenvalue weighted by molar-refractivity contribution is 5.94. The second-order valence-corrected chi connectivity index (χ2v) is 6.31. The topological polar surface area (TPSA) is 220 Å². The van der Waals surface area contributed by atoms with Gasteiger partial charge in [0.1, 0.15) is 12.1 Å². The molecule has 0 aromatic rings. The number of carboxylic acid groups (broad SMARTS) is 1. The fraction of sp³-hybridized carbons (Fsp3) is 0.667. The Kier molecular flexibility index (Phi) is 8.45. The molecule has 3 amide bonds. The quantitative estimate of drug-likeness (QED) is 0.127. The monoisotopic (exact) mass is 385 g/mol. The van der Waals surface area contributed by atoms with Crippen molar-refractivity contribution in [2.75, 3.05) is 13.1 Å².